The summed E-state index contributed by atoms with van der Waals surface area (Å²) in [6.45, 7) is 0. The first-order valence-corrected chi connectivity index (χ1v) is 9.84. The lowest BCUT2D eigenvalue weighted by molar-refractivity contribution is -0.137. The summed E-state index contributed by atoms with van der Waals surface area (Å²) < 4.78 is 28.7. The Kier molecular flexibility index (Phi) is 4.20. The van der Waals surface area contributed by atoms with Crippen LogP contribution < -0.4 is 4.74 Å². The van der Waals surface area contributed by atoms with Gasteiger partial charge in [0, 0.05) is 0 Å². The number of aliphatic carboxylic acids is 1. The lowest BCUT2D eigenvalue weighted by Gasteiger charge is -2.27. The van der Waals surface area contributed by atoms with Crippen molar-refractivity contribution < 1.29 is 23.1 Å². The van der Waals surface area contributed by atoms with Crippen molar-refractivity contribution in [3.8, 4) is 5.75 Å². The number of rotatable bonds is 6. The largest absolute Gasteiger partial charge is 0.487 e. The van der Waals surface area contributed by atoms with Crippen LogP contribution in [0.25, 0.3) is 0 Å². The Morgan fingerprint density at radius 2 is 2.05 bits per heavy atom. The van der Waals surface area contributed by atoms with Crippen LogP contribution >= 0.6 is 15.9 Å². The van der Waals surface area contributed by atoms with Crippen molar-refractivity contribution in [1.82, 2.24) is 0 Å². The molecule has 0 aromatic heterocycles. The molecule has 1 saturated carbocycles. The molecule has 22 heavy (non-hydrogen) atoms. The molecule has 1 atom stereocenters. The number of benzene rings is 1. The maximum atomic E-state index is 11.2. The number of sulfone groups is 1. The van der Waals surface area contributed by atoms with E-state index in [2.05, 4.69) is 15.9 Å². The van der Waals surface area contributed by atoms with Gasteiger partial charge in [0.2, 0.25) is 0 Å². The maximum absolute atomic E-state index is 11.2. The van der Waals surface area contributed by atoms with E-state index in [1.165, 1.54) is 0 Å². The maximum Gasteiger partial charge on any atom is 0.303 e. The van der Waals surface area contributed by atoms with Crippen LogP contribution in [0, 0.1) is 5.92 Å². The van der Waals surface area contributed by atoms with Crippen LogP contribution in [0.3, 0.4) is 0 Å². The summed E-state index contributed by atoms with van der Waals surface area (Å²) in [7, 11) is -2.91. The molecule has 1 heterocycles. The molecular weight excluding hydrogens is 372 g/mol. The van der Waals surface area contributed by atoms with Gasteiger partial charge < -0.3 is 9.84 Å². The van der Waals surface area contributed by atoms with E-state index < -0.39 is 15.8 Å². The molecule has 2 fully saturated rings. The van der Waals surface area contributed by atoms with Crippen LogP contribution in [-0.4, -0.2) is 37.1 Å². The molecule has 0 radical (unpaired) electrons. The van der Waals surface area contributed by atoms with Crippen LogP contribution in [0.15, 0.2) is 22.7 Å². The highest BCUT2D eigenvalue weighted by atomic mass is 79.9. The van der Waals surface area contributed by atoms with Gasteiger partial charge in [0.15, 0.2) is 9.84 Å². The quantitative estimate of drug-likeness (QED) is 0.809. The molecule has 1 saturated heterocycles. The van der Waals surface area contributed by atoms with Crippen LogP contribution in [0.4, 0.5) is 0 Å². The second-order valence-corrected chi connectivity index (χ2v) is 9.06. The topological polar surface area (TPSA) is 80.7 Å². The van der Waals surface area contributed by atoms with Gasteiger partial charge in [-0.25, -0.2) is 8.42 Å². The Hall–Kier alpha value is -1.08. The van der Waals surface area contributed by atoms with Crippen molar-refractivity contribution in [2.75, 3.05) is 11.5 Å². The Labute approximate surface area is 137 Å². The van der Waals surface area contributed by atoms with Crippen LogP contribution in [-0.2, 0) is 14.6 Å². The van der Waals surface area contributed by atoms with Crippen LogP contribution in [0.2, 0.25) is 0 Å². The third kappa shape index (κ3) is 3.63. The fourth-order valence-electron chi connectivity index (χ4n) is 2.85. The number of hydrogen-bond acceptors (Lipinski definition) is 4. The highest BCUT2D eigenvalue weighted by Gasteiger charge is 2.36. The molecule has 1 N–H and O–H groups in total. The van der Waals surface area contributed by atoms with E-state index in [-0.39, 0.29) is 29.9 Å². The van der Waals surface area contributed by atoms with Crippen LogP contribution in [0.5, 0.6) is 5.75 Å². The van der Waals surface area contributed by atoms with E-state index in [1.54, 1.807) is 6.07 Å². The first-order chi connectivity index (χ1) is 10.3. The molecule has 0 spiro atoms. The van der Waals surface area contributed by atoms with E-state index in [9.17, 15) is 13.2 Å². The average molecular weight is 389 g/mol. The minimum atomic E-state index is -2.91. The van der Waals surface area contributed by atoms with Gasteiger partial charge in [0.1, 0.15) is 11.9 Å². The molecule has 120 valence electrons. The van der Waals surface area contributed by atoms with Gasteiger partial charge in [0.05, 0.1) is 22.4 Å². The predicted molar refractivity (Wildman–Crippen MR) is 84.9 cm³/mol. The van der Waals surface area contributed by atoms with Crippen molar-refractivity contribution in [2.24, 2.45) is 5.92 Å². The molecule has 1 unspecified atom stereocenters. The number of carbonyl (C=O) groups is 1. The average Bonchev–Trinajstić information content (AvgIpc) is 3.20. The molecule has 1 aromatic rings. The molecular formula is C15H17BrO5S. The van der Waals surface area contributed by atoms with Gasteiger partial charge in [-0.15, -0.1) is 0 Å². The van der Waals surface area contributed by atoms with Gasteiger partial charge in [-0.2, -0.15) is 0 Å². The summed E-state index contributed by atoms with van der Waals surface area (Å²) in [5.74, 6) is 0.426. The molecule has 0 amide bonds. The van der Waals surface area contributed by atoms with Crippen LogP contribution in [0.1, 0.15) is 30.7 Å². The monoisotopic (exact) mass is 388 g/mol. The highest BCUT2D eigenvalue weighted by molar-refractivity contribution is 9.10. The standard InChI is InChI=1S/C15H17BrO5S/c16-13-5-10(12(6-15(17)18)9-1-2-9)3-4-14(13)21-11-7-22(19,20)8-11/h3-5,9,11-12H,1-2,6-8H2,(H,17,18). The molecule has 5 nitrogen and oxygen atoms in total. The second-order valence-electron chi connectivity index (χ2n) is 6.05. The van der Waals surface area contributed by atoms with Gasteiger partial charge in [-0.3, -0.25) is 4.79 Å². The normalized spacial score (nSPS) is 21.9. The number of halogens is 1. The molecule has 1 aromatic carbocycles. The number of carboxylic acids is 1. The van der Waals surface area contributed by atoms with Gasteiger partial charge in [0.25, 0.3) is 0 Å². The second kappa shape index (κ2) is 5.85. The first kappa shape index (κ1) is 15.8. The van der Waals surface area contributed by atoms with E-state index in [0.717, 1.165) is 22.9 Å². The Bertz CT molecular complexity index is 684. The van der Waals surface area contributed by atoms with Gasteiger partial charge >= 0.3 is 5.97 Å². The number of carboxylic acid groups (broad SMARTS) is 1. The molecule has 1 aliphatic carbocycles. The fourth-order valence-corrected chi connectivity index (χ4v) is 4.51. The number of hydrogen-bond donors (Lipinski definition) is 1. The van der Waals surface area contributed by atoms with Crippen molar-refractivity contribution in [3.05, 3.63) is 28.2 Å². The van der Waals surface area contributed by atoms with Crippen molar-refractivity contribution in [1.29, 1.82) is 0 Å². The Balaban J connectivity index is 1.72. The fraction of sp³-hybridized carbons (Fsp3) is 0.533. The van der Waals surface area contributed by atoms with Gasteiger partial charge in [-0.1, -0.05) is 6.07 Å². The summed E-state index contributed by atoms with van der Waals surface area (Å²) in [4.78, 5) is 11.0. The van der Waals surface area contributed by atoms with Gasteiger partial charge in [-0.05, 0) is 58.3 Å². The summed E-state index contributed by atoms with van der Waals surface area (Å²) in [5, 5.41) is 9.06. The summed E-state index contributed by atoms with van der Waals surface area (Å²) in [6.07, 6.45) is 2.00. The molecule has 1 aliphatic heterocycles. The zero-order valence-corrected chi connectivity index (χ0v) is 14.3. The molecule has 7 heteroatoms. The minimum Gasteiger partial charge on any atom is -0.487 e. The van der Waals surface area contributed by atoms with E-state index in [0.29, 0.717) is 11.7 Å². The summed E-state index contributed by atoms with van der Waals surface area (Å²) >= 11 is 3.44. The third-order valence-corrected chi connectivity index (χ3v) is 6.52. The lowest BCUT2D eigenvalue weighted by atomic mass is 9.91. The van der Waals surface area contributed by atoms with Crippen molar-refractivity contribution in [2.45, 2.75) is 31.3 Å². The zero-order valence-electron chi connectivity index (χ0n) is 11.9. The molecule has 0 bridgehead atoms. The predicted octanol–water partition coefficient (Wildman–Crippen LogP) is 2.59. The van der Waals surface area contributed by atoms with E-state index >= 15 is 0 Å². The van der Waals surface area contributed by atoms with E-state index in [4.69, 9.17) is 9.84 Å². The first-order valence-electron chi connectivity index (χ1n) is 7.22. The Morgan fingerprint density at radius 3 is 2.55 bits per heavy atom. The summed E-state index contributed by atoms with van der Waals surface area (Å²) in [6, 6.07) is 5.58. The highest BCUT2D eigenvalue weighted by Crippen LogP contribution is 2.45. The van der Waals surface area contributed by atoms with Crippen molar-refractivity contribution in [3.63, 3.8) is 0 Å². The zero-order chi connectivity index (χ0) is 15.9. The van der Waals surface area contributed by atoms with Crippen molar-refractivity contribution >= 4 is 31.7 Å². The molecule has 3 rings (SSSR count). The Morgan fingerprint density at radius 1 is 1.36 bits per heavy atom. The minimum absolute atomic E-state index is 0.0342. The third-order valence-electron chi connectivity index (χ3n) is 4.14. The molecule has 2 aliphatic rings. The summed E-state index contributed by atoms with van der Waals surface area (Å²) in [5.41, 5.74) is 0.991. The van der Waals surface area contributed by atoms with E-state index in [1.807, 2.05) is 12.1 Å². The smallest absolute Gasteiger partial charge is 0.303 e. The number of ether oxygens (including phenoxy) is 1. The lowest BCUT2D eigenvalue weighted by Crippen LogP contribution is -2.45. The SMILES string of the molecule is O=C(O)CC(c1ccc(OC2CS(=O)(=O)C2)c(Br)c1)C1CC1.